The Balaban J connectivity index is 1.62. The van der Waals surface area contributed by atoms with Gasteiger partial charge in [0, 0.05) is 18.2 Å². The molecule has 0 aliphatic carbocycles. The van der Waals surface area contributed by atoms with Gasteiger partial charge in [0.15, 0.2) is 11.8 Å². The predicted molar refractivity (Wildman–Crippen MR) is 130 cm³/mol. The van der Waals surface area contributed by atoms with E-state index in [1.54, 1.807) is 19.1 Å². The van der Waals surface area contributed by atoms with Gasteiger partial charge in [0.05, 0.1) is 34.3 Å². The van der Waals surface area contributed by atoms with Crippen LogP contribution < -0.4 is 11.1 Å². The third-order valence-electron chi connectivity index (χ3n) is 6.30. The van der Waals surface area contributed by atoms with Gasteiger partial charge in [-0.05, 0) is 44.9 Å². The number of anilines is 1. The number of hydrogen-bond donors (Lipinski definition) is 2. The van der Waals surface area contributed by atoms with E-state index in [1.807, 2.05) is 6.92 Å². The Hall–Kier alpha value is -2.75. The molecule has 35 heavy (non-hydrogen) atoms. The molecule has 1 fully saturated rings. The number of hydrogen-bond acceptors (Lipinski definition) is 5. The first-order chi connectivity index (χ1) is 16.5. The quantitative estimate of drug-likeness (QED) is 0.558. The second-order valence-electron chi connectivity index (χ2n) is 8.89. The van der Waals surface area contributed by atoms with Crippen molar-refractivity contribution in [3.8, 4) is 0 Å². The zero-order valence-corrected chi connectivity index (χ0v) is 20.6. The van der Waals surface area contributed by atoms with E-state index in [1.165, 1.54) is 11.0 Å². The van der Waals surface area contributed by atoms with Crippen LogP contribution in [0.15, 0.2) is 35.3 Å². The number of ether oxygens (including phenoxy) is 1. The van der Waals surface area contributed by atoms with Crippen LogP contribution in [0, 0.1) is 11.6 Å². The minimum atomic E-state index is -1.18. The van der Waals surface area contributed by atoms with Gasteiger partial charge in [-0.15, -0.1) is 0 Å². The number of nitrogens with two attached hydrogens (primary N) is 1. The summed E-state index contributed by atoms with van der Waals surface area (Å²) in [4.78, 5) is 32.0. The highest BCUT2D eigenvalue weighted by Gasteiger charge is 2.42. The van der Waals surface area contributed by atoms with Gasteiger partial charge >= 0.3 is 0 Å². The molecular formula is C24H24Cl2F2N4O3. The summed E-state index contributed by atoms with van der Waals surface area (Å²) in [6, 6.07) is 6.61. The van der Waals surface area contributed by atoms with Crippen molar-refractivity contribution >= 4 is 46.7 Å². The molecule has 0 saturated carbocycles. The maximum absolute atomic E-state index is 14.3. The molecule has 1 saturated heterocycles. The van der Waals surface area contributed by atoms with E-state index in [0.717, 1.165) is 12.1 Å². The standard InChI is InChI=1S/C24H24Cl2F2N4O3/c1-12-10-13(8-9-35-12)32-18(33)11-24(2,31-23(32)29)15-4-3-5-17(19(15)25)30-22(34)14-6-7-16(27)20(26)21(14)28/h3-7,12-13H,8-11H2,1-2H3,(H2,29,31)(H,30,34)/t12-,13-,24+/m1/s1. The molecule has 0 radical (unpaired) electrons. The largest absolute Gasteiger partial charge is 0.378 e. The lowest BCUT2D eigenvalue weighted by molar-refractivity contribution is -0.133. The molecule has 0 aromatic heterocycles. The summed E-state index contributed by atoms with van der Waals surface area (Å²) in [5.74, 6) is -3.11. The third-order valence-corrected chi connectivity index (χ3v) is 7.06. The van der Waals surface area contributed by atoms with Gasteiger partial charge in [-0.2, -0.15) is 0 Å². The summed E-state index contributed by atoms with van der Waals surface area (Å²) in [7, 11) is 0. The molecule has 2 aromatic rings. The highest BCUT2D eigenvalue weighted by Crippen LogP contribution is 2.41. The summed E-state index contributed by atoms with van der Waals surface area (Å²) in [5.41, 5.74) is 5.36. The molecule has 2 amide bonds. The van der Waals surface area contributed by atoms with E-state index in [0.29, 0.717) is 25.0 Å². The summed E-state index contributed by atoms with van der Waals surface area (Å²) >= 11 is 12.2. The number of aliphatic imine (C=N–C) groups is 1. The predicted octanol–water partition coefficient (Wildman–Crippen LogP) is 4.85. The lowest BCUT2D eigenvalue weighted by Crippen LogP contribution is -2.56. The van der Waals surface area contributed by atoms with Gasteiger partial charge < -0.3 is 15.8 Å². The molecule has 2 aliphatic rings. The molecule has 0 unspecified atom stereocenters. The van der Waals surface area contributed by atoms with Crippen LogP contribution in [0.1, 0.15) is 49.0 Å². The van der Waals surface area contributed by atoms with Gasteiger partial charge in [-0.25, -0.2) is 13.8 Å². The molecule has 2 aliphatic heterocycles. The summed E-state index contributed by atoms with van der Waals surface area (Å²) in [6.07, 6.45) is 1.34. The maximum Gasteiger partial charge on any atom is 0.258 e. The summed E-state index contributed by atoms with van der Waals surface area (Å²) in [5, 5.41) is 1.86. The van der Waals surface area contributed by atoms with Crippen LogP contribution in [0.4, 0.5) is 14.5 Å². The third kappa shape index (κ3) is 4.85. The second-order valence-corrected chi connectivity index (χ2v) is 9.64. The number of amides is 2. The van der Waals surface area contributed by atoms with Gasteiger partial charge in [0.2, 0.25) is 5.91 Å². The lowest BCUT2D eigenvalue weighted by atomic mass is 9.86. The number of nitrogens with one attached hydrogen (secondary N) is 1. The van der Waals surface area contributed by atoms with Crippen molar-refractivity contribution in [3.05, 3.63) is 63.1 Å². The Bertz CT molecular complexity index is 1230. The van der Waals surface area contributed by atoms with E-state index in [9.17, 15) is 18.4 Å². The van der Waals surface area contributed by atoms with E-state index in [-0.39, 0.29) is 41.1 Å². The minimum Gasteiger partial charge on any atom is -0.378 e. The second kappa shape index (κ2) is 9.72. The number of carbonyl (C=O) groups is 2. The van der Waals surface area contributed by atoms with Crippen molar-refractivity contribution in [1.82, 2.24) is 4.90 Å². The molecule has 4 rings (SSSR count). The molecule has 3 N–H and O–H groups in total. The van der Waals surface area contributed by atoms with Crippen LogP contribution in [0.3, 0.4) is 0 Å². The highest BCUT2D eigenvalue weighted by atomic mass is 35.5. The molecule has 186 valence electrons. The molecule has 3 atom stereocenters. The average molecular weight is 525 g/mol. The first kappa shape index (κ1) is 25.3. The zero-order valence-electron chi connectivity index (χ0n) is 19.1. The number of guanidine groups is 1. The maximum atomic E-state index is 14.3. The van der Waals surface area contributed by atoms with Crippen molar-refractivity contribution in [1.29, 1.82) is 0 Å². The molecular weight excluding hydrogens is 501 g/mol. The minimum absolute atomic E-state index is 0.0122. The summed E-state index contributed by atoms with van der Waals surface area (Å²) in [6.45, 7) is 4.21. The Morgan fingerprint density at radius 2 is 2.00 bits per heavy atom. The number of halogens is 4. The molecule has 0 bridgehead atoms. The first-order valence-electron chi connectivity index (χ1n) is 11.0. The molecule has 2 aromatic carbocycles. The fourth-order valence-corrected chi connectivity index (χ4v) is 5.09. The highest BCUT2D eigenvalue weighted by molar-refractivity contribution is 6.35. The van der Waals surface area contributed by atoms with Crippen LogP contribution in [0.5, 0.6) is 0 Å². The Morgan fingerprint density at radius 1 is 1.26 bits per heavy atom. The van der Waals surface area contributed by atoms with E-state index in [4.69, 9.17) is 33.7 Å². The van der Waals surface area contributed by atoms with Crippen molar-refractivity contribution < 1.29 is 23.1 Å². The first-order valence-corrected chi connectivity index (χ1v) is 11.8. The summed E-state index contributed by atoms with van der Waals surface area (Å²) < 4.78 is 33.3. The van der Waals surface area contributed by atoms with Crippen LogP contribution in [0.2, 0.25) is 10.0 Å². The Labute approximate surface area is 211 Å². The van der Waals surface area contributed by atoms with Crippen molar-refractivity contribution in [2.45, 2.75) is 50.8 Å². The van der Waals surface area contributed by atoms with Gasteiger partial charge in [0.1, 0.15) is 10.8 Å². The number of carbonyl (C=O) groups excluding carboxylic acids is 2. The van der Waals surface area contributed by atoms with Crippen LogP contribution in [0.25, 0.3) is 0 Å². The van der Waals surface area contributed by atoms with Crippen LogP contribution in [-0.2, 0) is 15.1 Å². The average Bonchev–Trinajstić information content (AvgIpc) is 2.78. The smallest absolute Gasteiger partial charge is 0.258 e. The fourth-order valence-electron chi connectivity index (χ4n) is 4.54. The normalized spacial score (nSPS) is 24.8. The van der Waals surface area contributed by atoms with Gasteiger partial charge in [-0.3, -0.25) is 14.5 Å². The van der Waals surface area contributed by atoms with Crippen LogP contribution in [-0.4, -0.2) is 41.4 Å². The monoisotopic (exact) mass is 524 g/mol. The van der Waals surface area contributed by atoms with Gasteiger partial charge in [0.25, 0.3) is 5.91 Å². The molecule has 7 nitrogen and oxygen atoms in total. The Morgan fingerprint density at radius 3 is 2.69 bits per heavy atom. The Kier molecular flexibility index (Phi) is 7.04. The number of rotatable bonds is 4. The van der Waals surface area contributed by atoms with Crippen LogP contribution >= 0.6 is 23.2 Å². The van der Waals surface area contributed by atoms with E-state index in [2.05, 4.69) is 10.3 Å². The van der Waals surface area contributed by atoms with E-state index < -0.39 is 33.7 Å². The van der Waals surface area contributed by atoms with Crippen molar-refractivity contribution in [2.75, 3.05) is 11.9 Å². The SMILES string of the molecule is C[C@@H]1C[C@H](N2C(=O)C[C@@](C)(c3cccc(NC(=O)c4ccc(F)c(Cl)c4F)c3Cl)N=C2N)CCO1. The number of nitrogens with zero attached hydrogens (tertiary/aromatic N) is 2. The molecule has 0 spiro atoms. The topological polar surface area (TPSA) is 97.0 Å². The van der Waals surface area contributed by atoms with E-state index >= 15 is 0 Å². The molecule has 11 heteroatoms. The van der Waals surface area contributed by atoms with Gasteiger partial charge in [-0.1, -0.05) is 35.3 Å². The zero-order chi connectivity index (χ0) is 25.5. The lowest BCUT2D eigenvalue weighted by Gasteiger charge is -2.41. The van der Waals surface area contributed by atoms with Crippen molar-refractivity contribution in [2.24, 2.45) is 10.7 Å². The molecule has 2 heterocycles. The number of benzene rings is 2. The van der Waals surface area contributed by atoms with Crippen molar-refractivity contribution in [3.63, 3.8) is 0 Å². The fraction of sp³-hybridized carbons (Fsp3) is 0.375.